The minimum Gasteiger partial charge on any atom is -0.423 e. The number of anilines is 2. The van der Waals surface area contributed by atoms with Crippen LogP contribution >= 0.6 is 0 Å². The standard InChI is InChI=1S/C14H10N4O2/c1-8-6-12-10(7-15-8)17-14(20-12)18-13-16-9-4-2-3-5-11(9)19-13/h2-7H,1H3,(H,16,17,18). The molecular weight excluding hydrogens is 256 g/mol. The fraction of sp³-hybridized carbons (Fsp3) is 0.0714. The predicted molar refractivity (Wildman–Crippen MR) is 73.8 cm³/mol. The number of nitrogens with zero attached hydrogens (tertiary/aromatic N) is 3. The highest BCUT2D eigenvalue weighted by molar-refractivity contribution is 5.76. The van der Waals surface area contributed by atoms with Crippen molar-refractivity contribution in [3.05, 3.63) is 42.2 Å². The SMILES string of the molecule is Cc1cc2oc(Nc3nc4ccccc4o3)nc2cn1. The van der Waals surface area contributed by atoms with E-state index in [1.165, 1.54) is 0 Å². The molecule has 98 valence electrons. The van der Waals surface area contributed by atoms with Crippen LogP contribution in [0.2, 0.25) is 0 Å². The van der Waals surface area contributed by atoms with Crippen molar-refractivity contribution in [2.24, 2.45) is 0 Å². The molecule has 6 heteroatoms. The number of aryl methyl sites for hydroxylation is 1. The van der Waals surface area contributed by atoms with Crippen LogP contribution in [0.15, 0.2) is 45.4 Å². The smallest absolute Gasteiger partial charge is 0.303 e. The Hall–Kier alpha value is -2.89. The fourth-order valence-electron chi connectivity index (χ4n) is 2.00. The second-order valence-electron chi connectivity index (χ2n) is 4.42. The molecule has 20 heavy (non-hydrogen) atoms. The Kier molecular flexibility index (Phi) is 2.23. The van der Waals surface area contributed by atoms with E-state index in [1.807, 2.05) is 37.3 Å². The Labute approximate surface area is 113 Å². The van der Waals surface area contributed by atoms with Crippen LogP contribution in [0, 0.1) is 6.92 Å². The van der Waals surface area contributed by atoms with E-state index in [4.69, 9.17) is 8.83 Å². The van der Waals surface area contributed by atoms with Gasteiger partial charge in [0.15, 0.2) is 11.2 Å². The lowest BCUT2D eigenvalue weighted by molar-refractivity contribution is 0.591. The van der Waals surface area contributed by atoms with Crippen LogP contribution in [-0.2, 0) is 0 Å². The van der Waals surface area contributed by atoms with Gasteiger partial charge in [0, 0.05) is 11.8 Å². The first-order valence-electron chi connectivity index (χ1n) is 6.14. The van der Waals surface area contributed by atoms with Crippen LogP contribution in [0.5, 0.6) is 0 Å². The molecule has 1 aromatic carbocycles. The second kappa shape index (κ2) is 4.06. The van der Waals surface area contributed by atoms with Crippen LogP contribution in [0.25, 0.3) is 22.2 Å². The highest BCUT2D eigenvalue weighted by Crippen LogP contribution is 2.24. The number of rotatable bonds is 2. The van der Waals surface area contributed by atoms with Crippen molar-refractivity contribution in [3.63, 3.8) is 0 Å². The van der Waals surface area contributed by atoms with Crippen LogP contribution < -0.4 is 5.32 Å². The van der Waals surface area contributed by atoms with Gasteiger partial charge in [0.25, 0.3) is 0 Å². The monoisotopic (exact) mass is 266 g/mol. The summed E-state index contributed by atoms with van der Waals surface area (Å²) in [6.45, 7) is 1.90. The van der Waals surface area contributed by atoms with Gasteiger partial charge in [-0.3, -0.25) is 10.3 Å². The Bertz CT molecular complexity index is 877. The maximum Gasteiger partial charge on any atom is 0.303 e. The number of hydrogen-bond donors (Lipinski definition) is 1. The minimum absolute atomic E-state index is 0.332. The van der Waals surface area contributed by atoms with Crippen molar-refractivity contribution in [1.29, 1.82) is 0 Å². The molecule has 0 atom stereocenters. The molecular formula is C14H10N4O2. The summed E-state index contributed by atoms with van der Waals surface area (Å²) in [5.41, 5.74) is 3.74. The summed E-state index contributed by atoms with van der Waals surface area (Å²) in [7, 11) is 0. The van der Waals surface area contributed by atoms with Gasteiger partial charge in [-0.05, 0) is 19.1 Å². The van der Waals surface area contributed by atoms with E-state index >= 15 is 0 Å². The molecule has 0 aliphatic heterocycles. The molecule has 4 aromatic rings. The normalized spacial score (nSPS) is 11.2. The summed E-state index contributed by atoms with van der Waals surface area (Å²) in [5.74, 6) is 0. The summed E-state index contributed by atoms with van der Waals surface area (Å²) in [6, 6.07) is 10.0. The Balaban J connectivity index is 1.72. The largest absolute Gasteiger partial charge is 0.423 e. The maximum atomic E-state index is 5.59. The number of pyridine rings is 1. The highest BCUT2D eigenvalue weighted by Gasteiger charge is 2.10. The third-order valence-electron chi connectivity index (χ3n) is 2.92. The van der Waals surface area contributed by atoms with E-state index in [1.54, 1.807) is 6.20 Å². The average Bonchev–Trinajstić information content (AvgIpc) is 3.00. The van der Waals surface area contributed by atoms with Gasteiger partial charge < -0.3 is 8.83 Å². The predicted octanol–water partition coefficient (Wildman–Crippen LogP) is 3.42. The minimum atomic E-state index is 0.332. The molecule has 3 aromatic heterocycles. The Morgan fingerprint density at radius 1 is 0.950 bits per heavy atom. The van der Waals surface area contributed by atoms with Crippen LogP contribution in [0.3, 0.4) is 0 Å². The maximum absolute atomic E-state index is 5.59. The molecule has 1 N–H and O–H groups in total. The van der Waals surface area contributed by atoms with E-state index in [-0.39, 0.29) is 0 Å². The van der Waals surface area contributed by atoms with Crippen molar-refractivity contribution in [1.82, 2.24) is 15.0 Å². The Morgan fingerprint density at radius 2 is 1.70 bits per heavy atom. The van der Waals surface area contributed by atoms with Gasteiger partial charge >= 0.3 is 12.0 Å². The van der Waals surface area contributed by atoms with Crippen LogP contribution in [0.4, 0.5) is 12.0 Å². The summed E-state index contributed by atoms with van der Waals surface area (Å²) in [5, 5.41) is 2.92. The van der Waals surface area contributed by atoms with Crippen molar-refractivity contribution in [3.8, 4) is 0 Å². The first-order valence-corrected chi connectivity index (χ1v) is 6.14. The lowest BCUT2D eigenvalue weighted by Gasteiger charge is -1.92. The molecule has 0 unspecified atom stereocenters. The number of hydrogen-bond acceptors (Lipinski definition) is 6. The van der Waals surface area contributed by atoms with Gasteiger partial charge in [-0.15, -0.1) is 0 Å². The molecule has 0 saturated heterocycles. The van der Waals surface area contributed by atoms with Crippen molar-refractivity contribution >= 4 is 34.2 Å². The van der Waals surface area contributed by atoms with Gasteiger partial charge in [-0.1, -0.05) is 12.1 Å². The number of benzene rings is 1. The fourth-order valence-corrected chi connectivity index (χ4v) is 2.00. The number of nitrogens with one attached hydrogen (secondary N) is 1. The second-order valence-corrected chi connectivity index (χ2v) is 4.42. The summed E-state index contributed by atoms with van der Waals surface area (Å²) in [6.07, 6.45) is 1.67. The number of para-hydroxylation sites is 2. The van der Waals surface area contributed by atoms with Crippen LogP contribution in [0.1, 0.15) is 5.69 Å². The molecule has 0 aliphatic rings. The van der Waals surface area contributed by atoms with Gasteiger partial charge in [-0.25, -0.2) is 0 Å². The molecule has 0 aliphatic carbocycles. The molecule has 0 saturated carbocycles. The Morgan fingerprint density at radius 3 is 2.55 bits per heavy atom. The average molecular weight is 266 g/mol. The summed E-state index contributed by atoms with van der Waals surface area (Å²) < 4.78 is 11.1. The lowest BCUT2D eigenvalue weighted by Crippen LogP contribution is -1.89. The summed E-state index contributed by atoms with van der Waals surface area (Å²) in [4.78, 5) is 12.8. The number of fused-ring (bicyclic) bond motifs is 2. The molecule has 0 fully saturated rings. The topological polar surface area (TPSA) is 77.0 Å². The lowest BCUT2D eigenvalue weighted by atomic mass is 10.3. The van der Waals surface area contributed by atoms with E-state index in [0.29, 0.717) is 28.7 Å². The van der Waals surface area contributed by atoms with Crippen molar-refractivity contribution < 1.29 is 8.83 Å². The van der Waals surface area contributed by atoms with Crippen molar-refractivity contribution in [2.45, 2.75) is 6.92 Å². The first-order chi connectivity index (χ1) is 9.78. The molecule has 4 rings (SSSR count). The zero-order chi connectivity index (χ0) is 13.5. The van der Waals surface area contributed by atoms with E-state index in [2.05, 4.69) is 20.3 Å². The van der Waals surface area contributed by atoms with Crippen LogP contribution in [-0.4, -0.2) is 15.0 Å². The van der Waals surface area contributed by atoms with E-state index in [0.717, 1.165) is 11.2 Å². The molecule has 6 nitrogen and oxygen atoms in total. The van der Waals surface area contributed by atoms with Gasteiger partial charge in [0.1, 0.15) is 11.0 Å². The van der Waals surface area contributed by atoms with Gasteiger partial charge in [0.2, 0.25) is 0 Å². The highest BCUT2D eigenvalue weighted by atomic mass is 16.4. The zero-order valence-electron chi connectivity index (χ0n) is 10.6. The molecule has 0 radical (unpaired) electrons. The van der Waals surface area contributed by atoms with Gasteiger partial charge in [0.05, 0.1) is 6.20 Å². The molecule has 0 bridgehead atoms. The van der Waals surface area contributed by atoms with Crippen molar-refractivity contribution in [2.75, 3.05) is 5.32 Å². The molecule has 0 amide bonds. The first kappa shape index (κ1) is 11.0. The third-order valence-corrected chi connectivity index (χ3v) is 2.92. The molecule has 0 spiro atoms. The number of oxazole rings is 2. The molecule has 3 heterocycles. The van der Waals surface area contributed by atoms with E-state index < -0.39 is 0 Å². The van der Waals surface area contributed by atoms with E-state index in [9.17, 15) is 0 Å². The quantitative estimate of drug-likeness (QED) is 0.599. The van der Waals surface area contributed by atoms with Gasteiger partial charge in [-0.2, -0.15) is 9.97 Å². The zero-order valence-corrected chi connectivity index (χ0v) is 10.6. The third kappa shape index (κ3) is 1.78. The number of aromatic nitrogens is 3. The summed E-state index contributed by atoms with van der Waals surface area (Å²) >= 11 is 0.